The molecule has 6 nitrogen and oxygen atoms in total. The smallest absolute Gasteiger partial charge is 0.274 e. The van der Waals surface area contributed by atoms with Gasteiger partial charge in [-0.2, -0.15) is 0 Å². The molecule has 1 aliphatic rings. The van der Waals surface area contributed by atoms with Crippen molar-refractivity contribution in [2.24, 2.45) is 11.7 Å². The van der Waals surface area contributed by atoms with Gasteiger partial charge in [-0.1, -0.05) is 13.0 Å². The largest absolute Gasteiger partial charge is 0.324 e. The highest BCUT2D eigenvalue weighted by atomic mass is 16.6. The molecule has 6 heteroatoms. The summed E-state index contributed by atoms with van der Waals surface area (Å²) in [5.41, 5.74) is 6.18. The molecule has 1 aromatic carbocycles. The number of benzene rings is 1. The van der Waals surface area contributed by atoms with E-state index < -0.39 is 10.5 Å². The van der Waals surface area contributed by atoms with Gasteiger partial charge >= 0.3 is 0 Å². The van der Waals surface area contributed by atoms with Gasteiger partial charge in [0.25, 0.3) is 5.69 Å². The van der Waals surface area contributed by atoms with Gasteiger partial charge in [-0.25, -0.2) is 0 Å². The van der Waals surface area contributed by atoms with Crippen molar-refractivity contribution in [3.05, 3.63) is 33.9 Å². The van der Waals surface area contributed by atoms with E-state index in [0.717, 1.165) is 12.8 Å². The molecule has 0 aliphatic heterocycles. The molecule has 1 fully saturated rings. The molecule has 1 aromatic rings. The molecule has 1 aliphatic carbocycles. The van der Waals surface area contributed by atoms with E-state index in [0.29, 0.717) is 17.7 Å². The summed E-state index contributed by atoms with van der Waals surface area (Å²) in [7, 11) is 0. The predicted molar refractivity (Wildman–Crippen MR) is 76.4 cm³/mol. The average molecular weight is 277 g/mol. The van der Waals surface area contributed by atoms with E-state index in [9.17, 15) is 14.9 Å². The maximum Gasteiger partial charge on any atom is 0.274 e. The van der Waals surface area contributed by atoms with E-state index in [1.807, 2.05) is 6.92 Å². The van der Waals surface area contributed by atoms with Gasteiger partial charge in [-0.15, -0.1) is 0 Å². The molecule has 108 valence electrons. The molecule has 1 unspecified atom stereocenters. The second-order valence-corrected chi connectivity index (χ2v) is 5.47. The van der Waals surface area contributed by atoms with Crippen molar-refractivity contribution in [1.29, 1.82) is 0 Å². The summed E-state index contributed by atoms with van der Waals surface area (Å²) < 4.78 is 0. The fourth-order valence-electron chi connectivity index (χ4n) is 2.24. The summed E-state index contributed by atoms with van der Waals surface area (Å²) in [4.78, 5) is 22.7. The fourth-order valence-corrected chi connectivity index (χ4v) is 2.24. The van der Waals surface area contributed by atoms with E-state index >= 15 is 0 Å². The van der Waals surface area contributed by atoms with Gasteiger partial charge < -0.3 is 11.1 Å². The molecule has 20 heavy (non-hydrogen) atoms. The Kier molecular flexibility index (Phi) is 3.76. The fraction of sp³-hybridized carbons (Fsp3) is 0.500. The number of amides is 1. The van der Waals surface area contributed by atoms with Crippen LogP contribution in [0, 0.1) is 16.0 Å². The van der Waals surface area contributed by atoms with Crippen LogP contribution in [0.25, 0.3) is 0 Å². The number of aryl methyl sites for hydroxylation is 1. The van der Waals surface area contributed by atoms with Crippen molar-refractivity contribution in [3.63, 3.8) is 0 Å². The summed E-state index contributed by atoms with van der Waals surface area (Å²) in [5.74, 6) is -0.0917. The van der Waals surface area contributed by atoms with Gasteiger partial charge in [0.1, 0.15) is 0 Å². The Balaban J connectivity index is 2.19. The molecule has 0 saturated heterocycles. The first-order chi connectivity index (χ1) is 9.36. The number of anilines is 1. The summed E-state index contributed by atoms with van der Waals surface area (Å²) in [6, 6.07) is 4.73. The van der Waals surface area contributed by atoms with Crippen molar-refractivity contribution in [1.82, 2.24) is 0 Å². The quantitative estimate of drug-likeness (QED) is 0.636. The summed E-state index contributed by atoms with van der Waals surface area (Å²) in [5, 5.41) is 13.7. The summed E-state index contributed by atoms with van der Waals surface area (Å²) in [6.45, 7) is 3.56. The minimum Gasteiger partial charge on any atom is -0.324 e. The van der Waals surface area contributed by atoms with Crippen molar-refractivity contribution in [3.8, 4) is 0 Å². The Morgan fingerprint density at radius 2 is 2.20 bits per heavy atom. The zero-order chi connectivity index (χ0) is 14.9. The van der Waals surface area contributed by atoms with Gasteiger partial charge in [-0.3, -0.25) is 14.9 Å². The number of nitro groups is 1. The Morgan fingerprint density at radius 1 is 1.55 bits per heavy atom. The Morgan fingerprint density at radius 3 is 2.70 bits per heavy atom. The van der Waals surface area contributed by atoms with Crippen LogP contribution in [0.3, 0.4) is 0 Å². The van der Waals surface area contributed by atoms with Gasteiger partial charge in [0.05, 0.1) is 10.5 Å². The van der Waals surface area contributed by atoms with Crippen LogP contribution in [0.5, 0.6) is 0 Å². The molecule has 0 aromatic heterocycles. The lowest BCUT2D eigenvalue weighted by atomic mass is 9.96. The van der Waals surface area contributed by atoms with E-state index in [-0.39, 0.29) is 17.5 Å². The zero-order valence-corrected chi connectivity index (χ0v) is 11.7. The summed E-state index contributed by atoms with van der Waals surface area (Å²) in [6.07, 6.45) is 2.48. The van der Waals surface area contributed by atoms with Crippen LogP contribution in [0.2, 0.25) is 0 Å². The number of hydrogen-bond acceptors (Lipinski definition) is 4. The molecule has 1 saturated carbocycles. The number of rotatable bonds is 5. The Labute approximate surface area is 117 Å². The van der Waals surface area contributed by atoms with Gasteiger partial charge in [0, 0.05) is 17.3 Å². The third-order valence-corrected chi connectivity index (χ3v) is 3.84. The Bertz CT molecular complexity index is 551. The zero-order valence-electron chi connectivity index (χ0n) is 11.7. The lowest BCUT2D eigenvalue weighted by Gasteiger charge is -2.23. The lowest BCUT2D eigenvalue weighted by Crippen LogP contribution is -2.50. The number of nitro benzene ring substituents is 1. The molecule has 1 atom stereocenters. The highest BCUT2D eigenvalue weighted by Crippen LogP contribution is 2.38. The highest BCUT2D eigenvalue weighted by molar-refractivity contribution is 5.98. The van der Waals surface area contributed by atoms with Crippen molar-refractivity contribution in [2.45, 2.75) is 38.6 Å². The maximum absolute atomic E-state index is 12.1. The van der Waals surface area contributed by atoms with Crippen LogP contribution in [-0.2, 0) is 11.2 Å². The van der Waals surface area contributed by atoms with E-state index in [4.69, 9.17) is 5.73 Å². The van der Waals surface area contributed by atoms with Gasteiger partial charge in [0.2, 0.25) is 5.91 Å². The first-order valence-corrected chi connectivity index (χ1v) is 6.74. The summed E-state index contributed by atoms with van der Waals surface area (Å²) >= 11 is 0. The van der Waals surface area contributed by atoms with Crippen molar-refractivity contribution in [2.75, 3.05) is 5.32 Å². The monoisotopic (exact) mass is 277 g/mol. The van der Waals surface area contributed by atoms with Crippen molar-refractivity contribution >= 4 is 17.3 Å². The van der Waals surface area contributed by atoms with Crippen LogP contribution in [0.4, 0.5) is 11.4 Å². The van der Waals surface area contributed by atoms with Crippen molar-refractivity contribution < 1.29 is 9.72 Å². The average Bonchev–Trinajstić information content (AvgIpc) is 3.23. The lowest BCUT2D eigenvalue weighted by molar-refractivity contribution is -0.385. The van der Waals surface area contributed by atoms with Crippen LogP contribution < -0.4 is 11.1 Å². The van der Waals surface area contributed by atoms with Gasteiger partial charge in [0.15, 0.2) is 0 Å². The third kappa shape index (κ3) is 2.80. The molecule has 3 N–H and O–H groups in total. The Hall–Kier alpha value is -1.95. The van der Waals surface area contributed by atoms with E-state index in [1.165, 1.54) is 6.07 Å². The number of hydrogen-bond donors (Lipinski definition) is 2. The molecular weight excluding hydrogens is 258 g/mol. The predicted octanol–water partition coefficient (Wildman–Crippen LogP) is 2.22. The van der Waals surface area contributed by atoms with Crippen LogP contribution >= 0.6 is 0 Å². The second kappa shape index (κ2) is 5.20. The number of carbonyl (C=O) groups excluding carboxylic acids is 1. The number of nitrogens with zero attached hydrogens (tertiary/aromatic N) is 1. The number of nitrogens with one attached hydrogen (secondary N) is 1. The normalized spacial score (nSPS) is 17.4. The van der Waals surface area contributed by atoms with Crippen LogP contribution in [-0.4, -0.2) is 16.4 Å². The maximum atomic E-state index is 12.1. The molecular formula is C14H19N3O3. The molecule has 2 rings (SSSR count). The molecule has 0 radical (unpaired) electrons. The molecule has 0 bridgehead atoms. The highest BCUT2D eigenvalue weighted by Gasteiger charge is 2.44. The van der Waals surface area contributed by atoms with Crippen LogP contribution in [0.15, 0.2) is 18.2 Å². The second-order valence-electron chi connectivity index (χ2n) is 5.47. The topological polar surface area (TPSA) is 98.3 Å². The first kappa shape index (κ1) is 14.5. The first-order valence-electron chi connectivity index (χ1n) is 6.74. The van der Waals surface area contributed by atoms with E-state index in [1.54, 1.807) is 19.1 Å². The minimum atomic E-state index is -0.918. The molecule has 0 spiro atoms. The number of carbonyl (C=O) groups is 1. The van der Waals surface area contributed by atoms with Crippen LogP contribution in [0.1, 0.15) is 32.3 Å². The minimum absolute atomic E-state index is 0.0236. The molecule has 0 heterocycles. The number of nitrogens with two attached hydrogens (primary N) is 1. The SMILES string of the molecule is CCc1ccc(NC(=O)C(C)(N)C2CC2)cc1[N+](=O)[O-]. The van der Waals surface area contributed by atoms with E-state index in [2.05, 4.69) is 5.32 Å². The third-order valence-electron chi connectivity index (χ3n) is 3.84. The molecule has 1 amide bonds. The van der Waals surface area contributed by atoms with Gasteiger partial charge in [-0.05, 0) is 38.2 Å². The standard InChI is InChI=1S/C14H19N3O3/c1-3-9-4-7-11(8-12(9)17(19)20)16-13(18)14(2,15)10-5-6-10/h4,7-8,10H,3,5-6,15H2,1-2H3,(H,16,18).